The van der Waals surface area contributed by atoms with Gasteiger partial charge in [-0.2, -0.15) is 0 Å². The summed E-state index contributed by atoms with van der Waals surface area (Å²) < 4.78 is 5.20. The van der Waals surface area contributed by atoms with Gasteiger partial charge in [0, 0.05) is 19.5 Å². The average molecular weight is 197 g/mol. The third kappa shape index (κ3) is 3.14. The van der Waals surface area contributed by atoms with E-state index in [1.165, 1.54) is 5.57 Å². The van der Waals surface area contributed by atoms with Crippen LogP contribution in [0.3, 0.4) is 0 Å². The Morgan fingerprint density at radius 3 is 2.50 bits per heavy atom. The highest BCUT2D eigenvalue weighted by Crippen LogP contribution is 2.19. The molecule has 0 radical (unpaired) electrons. The Kier molecular flexibility index (Phi) is 4.14. The maximum atomic E-state index is 11.1. The number of ether oxygens (including phenoxy) is 1. The van der Waals surface area contributed by atoms with Crippen LogP contribution in [0.25, 0.3) is 0 Å². The van der Waals surface area contributed by atoms with Crippen molar-refractivity contribution in [3.8, 4) is 0 Å². The van der Waals surface area contributed by atoms with Crippen molar-refractivity contribution in [1.82, 2.24) is 4.90 Å². The summed E-state index contributed by atoms with van der Waals surface area (Å²) in [7, 11) is 2.12. The van der Waals surface area contributed by atoms with E-state index in [2.05, 4.69) is 11.9 Å². The molecule has 0 amide bonds. The lowest BCUT2D eigenvalue weighted by atomic mass is 10.0. The van der Waals surface area contributed by atoms with Gasteiger partial charge in [0.15, 0.2) is 0 Å². The normalized spacial score (nSPS) is 18.1. The Morgan fingerprint density at radius 2 is 2.00 bits per heavy atom. The number of hydrogen-bond acceptors (Lipinski definition) is 3. The van der Waals surface area contributed by atoms with Gasteiger partial charge in [0.05, 0.1) is 0 Å². The predicted octanol–water partition coefficient (Wildman–Crippen LogP) is 1.94. The Balaban J connectivity index is 2.51. The lowest BCUT2D eigenvalue weighted by Crippen LogP contribution is -2.27. The fourth-order valence-corrected chi connectivity index (χ4v) is 1.56. The summed E-state index contributed by atoms with van der Waals surface area (Å²) in [6.07, 6.45) is 2.50. The molecule has 14 heavy (non-hydrogen) atoms. The molecule has 0 atom stereocenters. The summed E-state index contributed by atoms with van der Waals surface area (Å²) in [5.41, 5.74) is 1.30. The van der Waals surface area contributed by atoms with E-state index in [0.717, 1.165) is 31.7 Å². The minimum Gasteiger partial charge on any atom is -0.431 e. The van der Waals surface area contributed by atoms with E-state index in [1.54, 1.807) is 0 Å². The topological polar surface area (TPSA) is 29.5 Å². The fourth-order valence-electron chi connectivity index (χ4n) is 1.56. The number of carbonyl (C=O) groups excluding carboxylic acids is 1. The zero-order chi connectivity index (χ0) is 10.6. The van der Waals surface area contributed by atoms with Crippen LogP contribution in [-0.4, -0.2) is 31.0 Å². The molecule has 3 nitrogen and oxygen atoms in total. The summed E-state index contributed by atoms with van der Waals surface area (Å²) in [5.74, 6) is 0.693. The molecule has 0 aliphatic carbocycles. The van der Waals surface area contributed by atoms with Crippen LogP contribution in [0.4, 0.5) is 0 Å². The molecule has 1 saturated heterocycles. The van der Waals surface area contributed by atoms with Gasteiger partial charge in [0.1, 0.15) is 5.76 Å². The van der Waals surface area contributed by atoms with Crippen molar-refractivity contribution >= 4 is 5.97 Å². The highest BCUT2D eigenvalue weighted by molar-refractivity contribution is 5.70. The summed E-state index contributed by atoms with van der Waals surface area (Å²) in [4.78, 5) is 13.4. The lowest BCUT2D eigenvalue weighted by Gasteiger charge is -2.25. The van der Waals surface area contributed by atoms with Crippen molar-refractivity contribution in [3.05, 3.63) is 11.3 Å². The van der Waals surface area contributed by atoms with Crippen molar-refractivity contribution in [2.45, 2.75) is 33.1 Å². The summed E-state index contributed by atoms with van der Waals surface area (Å²) >= 11 is 0. The van der Waals surface area contributed by atoms with Crippen LogP contribution >= 0.6 is 0 Å². The molecule has 0 spiro atoms. The molecule has 3 heteroatoms. The molecule has 0 aromatic rings. The highest BCUT2D eigenvalue weighted by atomic mass is 16.5. The molecule has 80 valence electrons. The zero-order valence-corrected chi connectivity index (χ0v) is 9.30. The van der Waals surface area contributed by atoms with Crippen LogP contribution in [0.1, 0.15) is 33.1 Å². The lowest BCUT2D eigenvalue weighted by molar-refractivity contribution is -0.139. The van der Waals surface area contributed by atoms with Gasteiger partial charge in [-0.3, -0.25) is 4.79 Å². The van der Waals surface area contributed by atoms with E-state index in [0.29, 0.717) is 6.42 Å². The Bertz CT molecular complexity index is 236. The van der Waals surface area contributed by atoms with Crippen LogP contribution in [0.2, 0.25) is 0 Å². The van der Waals surface area contributed by atoms with Crippen LogP contribution in [-0.2, 0) is 9.53 Å². The predicted molar refractivity (Wildman–Crippen MR) is 55.8 cm³/mol. The van der Waals surface area contributed by atoms with E-state index >= 15 is 0 Å². The largest absolute Gasteiger partial charge is 0.431 e. The Hall–Kier alpha value is -0.830. The van der Waals surface area contributed by atoms with Crippen LogP contribution in [0.15, 0.2) is 11.3 Å². The standard InChI is InChI=1S/C11H19NO2/c1-4-11(13)14-9(2)10-5-7-12(3)8-6-10/h4-8H2,1-3H3. The molecule has 1 aliphatic heterocycles. The first kappa shape index (κ1) is 11.2. The molecule has 0 N–H and O–H groups in total. The third-order valence-corrected chi connectivity index (χ3v) is 2.64. The summed E-state index contributed by atoms with van der Waals surface area (Å²) in [6.45, 7) is 5.84. The van der Waals surface area contributed by atoms with Crippen molar-refractivity contribution in [3.63, 3.8) is 0 Å². The van der Waals surface area contributed by atoms with Gasteiger partial charge in [-0.1, -0.05) is 6.92 Å². The van der Waals surface area contributed by atoms with Gasteiger partial charge in [-0.15, -0.1) is 0 Å². The fraction of sp³-hybridized carbons (Fsp3) is 0.727. The minimum absolute atomic E-state index is 0.131. The average Bonchev–Trinajstić information content (AvgIpc) is 2.18. The minimum atomic E-state index is -0.131. The first-order valence-corrected chi connectivity index (χ1v) is 5.21. The zero-order valence-electron chi connectivity index (χ0n) is 9.30. The molecule has 1 fully saturated rings. The number of esters is 1. The molecule has 0 aromatic heterocycles. The van der Waals surface area contributed by atoms with Crippen LogP contribution < -0.4 is 0 Å². The van der Waals surface area contributed by atoms with Gasteiger partial charge in [0.25, 0.3) is 0 Å². The maximum Gasteiger partial charge on any atom is 0.310 e. The van der Waals surface area contributed by atoms with Crippen molar-refractivity contribution < 1.29 is 9.53 Å². The second kappa shape index (κ2) is 5.15. The van der Waals surface area contributed by atoms with E-state index in [-0.39, 0.29) is 5.97 Å². The van der Waals surface area contributed by atoms with Crippen LogP contribution in [0, 0.1) is 0 Å². The Morgan fingerprint density at radius 1 is 1.43 bits per heavy atom. The molecule has 0 unspecified atom stereocenters. The first-order valence-electron chi connectivity index (χ1n) is 5.21. The number of hydrogen-bond donors (Lipinski definition) is 0. The number of likely N-dealkylation sites (tertiary alicyclic amines) is 1. The second-order valence-corrected chi connectivity index (χ2v) is 3.79. The molecular formula is C11H19NO2. The van der Waals surface area contributed by atoms with Crippen molar-refractivity contribution in [2.24, 2.45) is 0 Å². The van der Waals surface area contributed by atoms with Gasteiger partial charge >= 0.3 is 5.97 Å². The number of piperidine rings is 1. The quantitative estimate of drug-likeness (QED) is 0.500. The first-order chi connectivity index (χ1) is 6.63. The summed E-state index contributed by atoms with van der Waals surface area (Å²) in [6, 6.07) is 0. The third-order valence-electron chi connectivity index (χ3n) is 2.64. The molecule has 0 bridgehead atoms. The SMILES string of the molecule is CCC(=O)OC(C)=C1CCN(C)CC1. The summed E-state index contributed by atoms with van der Waals surface area (Å²) in [5, 5.41) is 0. The van der Waals surface area contributed by atoms with Gasteiger partial charge in [0.2, 0.25) is 0 Å². The molecule has 1 heterocycles. The van der Waals surface area contributed by atoms with Crippen molar-refractivity contribution in [1.29, 1.82) is 0 Å². The number of allylic oxidation sites excluding steroid dienone is 1. The van der Waals surface area contributed by atoms with E-state index in [1.807, 2.05) is 13.8 Å². The number of rotatable bonds is 2. The van der Waals surface area contributed by atoms with Gasteiger partial charge in [-0.25, -0.2) is 0 Å². The monoisotopic (exact) mass is 197 g/mol. The Labute approximate surface area is 85.7 Å². The second-order valence-electron chi connectivity index (χ2n) is 3.79. The van der Waals surface area contributed by atoms with Gasteiger partial charge in [-0.05, 0) is 32.4 Å². The molecule has 0 aromatic carbocycles. The van der Waals surface area contributed by atoms with E-state index in [4.69, 9.17) is 4.74 Å². The molecule has 1 aliphatic rings. The van der Waals surface area contributed by atoms with Crippen molar-refractivity contribution in [2.75, 3.05) is 20.1 Å². The molecular weight excluding hydrogens is 178 g/mol. The number of nitrogens with zero attached hydrogens (tertiary/aromatic N) is 1. The van der Waals surface area contributed by atoms with Gasteiger partial charge < -0.3 is 9.64 Å². The maximum absolute atomic E-state index is 11.1. The number of carbonyl (C=O) groups is 1. The van der Waals surface area contributed by atoms with E-state index in [9.17, 15) is 4.79 Å². The molecule has 1 rings (SSSR count). The smallest absolute Gasteiger partial charge is 0.310 e. The molecule has 0 saturated carbocycles. The van der Waals surface area contributed by atoms with E-state index < -0.39 is 0 Å². The van der Waals surface area contributed by atoms with Crippen LogP contribution in [0.5, 0.6) is 0 Å². The highest BCUT2D eigenvalue weighted by Gasteiger charge is 2.14.